The van der Waals surface area contributed by atoms with Crippen LogP contribution in [0.25, 0.3) is 16.8 Å². The highest BCUT2D eigenvalue weighted by atomic mass is 16.2. The Morgan fingerprint density at radius 3 is 2.68 bits per heavy atom. The summed E-state index contributed by atoms with van der Waals surface area (Å²) >= 11 is 0. The zero-order chi connectivity index (χ0) is 26.6. The van der Waals surface area contributed by atoms with Crippen LogP contribution in [0.5, 0.6) is 0 Å². The molecule has 1 atom stereocenters. The van der Waals surface area contributed by atoms with Gasteiger partial charge in [0.2, 0.25) is 5.91 Å². The maximum Gasteiger partial charge on any atom is 0.256 e. The van der Waals surface area contributed by atoms with Gasteiger partial charge >= 0.3 is 0 Å². The fourth-order valence-corrected chi connectivity index (χ4v) is 4.69. The van der Waals surface area contributed by atoms with Gasteiger partial charge in [-0.1, -0.05) is 24.3 Å². The molecule has 1 unspecified atom stereocenters. The summed E-state index contributed by atoms with van der Waals surface area (Å²) in [5, 5.41) is 2.79. The van der Waals surface area contributed by atoms with Crippen molar-refractivity contribution in [2.24, 2.45) is 0 Å². The van der Waals surface area contributed by atoms with E-state index in [4.69, 9.17) is 10.7 Å². The highest BCUT2D eigenvalue weighted by Crippen LogP contribution is 2.36. The minimum Gasteiger partial charge on any atom is -0.382 e. The quantitative estimate of drug-likeness (QED) is 0.366. The van der Waals surface area contributed by atoms with Gasteiger partial charge in [-0.25, -0.2) is 15.0 Å². The van der Waals surface area contributed by atoms with Gasteiger partial charge in [-0.05, 0) is 51.2 Å². The number of likely N-dealkylation sites (tertiary alicyclic amines) is 1. The van der Waals surface area contributed by atoms with E-state index in [0.717, 1.165) is 24.2 Å². The molecule has 3 N–H and O–H groups in total. The molecule has 2 amide bonds. The SMILES string of the molecule is CN(C)C/C=C/C(=O)N1CCCC1c1nc(-c2ccc(C(=O)Nc3ccccn3)cc2)c2c(N)nccn12. The molecule has 5 rings (SSSR count). The Kier molecular flexibility index (Phi) is 7.14. The average Bonchev–Trinajstić information content (AvgIpc) is 3.55. The molecule has 4 heterocycles. The monoisotopic (exact) mass is 510 g/mol. The van der Waals surface area contributed by atoms with Crippen molar-refractivity contribution in [2.75, 3.05) is 38.2 Å². The maximum absolute atomic E-state index is 13.0. The first-order valence-electron chi connectivity index (χ1n) is 12.5. The second-order valence-corrected chi connectivity index (χ2v) is 9.45. The summed E-state index contributed by atoms with van der Waals surface area (Å²) in [7, 11) is 3.92. The first-order valence-corrected chi connectivity index (χ1v) is 12.5. The van der Waals surface area contributed by atoms with Crippen LogP contribution >= 0.6 is 0 Å². The second-order valence-electron chi connectivity index (χ2n) is 9.45. The number of amides is 2. The van der Waals surface area contributed by atoms with Gasteiger partial charge in [0.15, 0.2) is 0 Å². The lowest BCUT2D eigenvalue weighted by atomic mass is 10.1. The highest BCUT2D eigenvalue weighted by molar-refractivity contribution is 6.04. The third kappa shape index (κ3) is 5.12. The standard InChI is InChI=1S/C28H30N8O2/c1-34(2)16-6-9-23(37)35-17-5-7-21(35)27-33-24(25-26(29)31-15-18-36(25)27)19-10-12-20(13-11-19)28(38)32-22-8-3-4-14-30-22/h3-4,6,8-15,18,21H,5,7,16-17H2,1-2H3,(H2,29,31)(H,30,32,38)/b9-6+. The maximum atomic E-state index is 13.0. The van der Waals surface area contributed by atoms with Crippen LogP contribution in [0.1, 0.15) is 35.1 Å². The molecular formula is C28H30N8O2. The van der Waals surface area contributed by atoms with E-state index in [9.17, 15) is 9.59 Å². The van der Waals surface area contributed by atoms with Gasteiger partial charge in [0.1, 0.15) is 28.7 Å². The van der Waals surface area contributed by atoms with Crippen molar-refractivity contribution < 1.29 is 9.59 Å². The summed E-state index contributed by atoms with van der Waals surface area (Å²) in [5.74, 6) is 1.29. The zero-order valence-corrected chi connectivity index (χ0v) is 21.4. The third-order valence-corrected chi connectivity index (χ3v) is 6.50. The first kappa shape index (κ1) is 25.1. The molecule has 1 fully saturated rings. The highest BCUT2D eigenvalue weighted by Gasteiger charge is 2.33. The van der Waals surface area contributed by atoms with E-state index in [1.165, 1.54) is 0 Å². The Hall–Kier alpha value is -4.57. The third-order valence-electron chi connectivity index (χ3n) is 6.50. The normalized spacial score (nSPS) is 15.6. The molecule has 38 heavy (non-hydrogen) atoms. The van der Waals surface area contributed by atoms with Crippen molar-refractivity contribution >= 4 is 29.0 Å². The van der Waals surface area contributed by atoms with Gasteiger partial charge in [0.05, 0.1) is 6.04 Å². The van der Waals surface area contributed by atoms with Crippen LogP contribution in [0.4, 0.5) is 11.6 Å². The lowest BCUT2D eigenvalue weighted by Crippen LogP contribution is -2.30. The van der Waals surface area contributed by atoms with Crippen molar-refractivity contribution in [1.29, 1.82) is 0 Å². The fraction of sp³-hybridized carbons (Fsp3) is 0.250. The number of aromatic nitrogens is 4. The van der Waals surface area contributed by atoms with Crippen molar-refractivity contribution in [1.82, 2.24) is 29.2 Å². The number of pyridine rings is 1. The largest absolute Gasteiger partial charge is 0.382 e. The number of likely N-dealkylation sites (N-methyl/N-ethyl adjacent to an activating group) is 1. The first-order chi connectivity index (χ1) is 18.4. The Morgan fingerprint density at radius 1 is 1.13 bits per heavy atom. The lowest BCUT2D eigenvalue weighted by molar-refractivity contribution is -0.127. The number of carbonyl (C=O) groups is 2. The van der Waals surface area contributed by atoms with Crippen LogP contribution in [0.2, 0.25) is 0 Å². The summed E-state index contributed by atoms with van der Waals surface area (Å²) in [5.41, 5.74) is 8.94. The Bertz CT molecular complexity index is 1480. The van der Waals surface area contributed by atoms with Crippen LogP contribution in [0, 0.1) is 0 Å². The van der Waals surface area contributed by atoms with Crippen LogP contribution in [-0.4, -0.2) is 68.2 Å². The number of hydrogen-bond donors (Lipinski definition) is 2. The molecule has 10 nitrogen and oxygen atoms in total. The van der Waals surface area contributed by atoms with E-state index in [-0.39, 0.29) is 17.9 Å². The molecule has 4 aromatic rings. The van der Waals surface area contributed by atoms with E-state index in [1.807, 2.05) is 58.8 Å². The summed E-state index contributed by atoms with van der Waals surface area (Å²) in [6.45, 7) is 1.36. The molecule has 0 spiro atoms. The summed E-state index contributed by atoms with van der Waals surface area (Å²) in [6, 6.07) is 12.3. The van der Waals surface area contributed by atoms with Crippen molar-refractivity contribution in [3.8, 4) is 11.3 Å². The van der Waals surface area contributed by atoms with Gasteiger partial charge < -0.3 is 20.9 Å². The van der Waals surface area contributed by atoms with Crippen LogP contribution in [0.15, 0.2) is 73.2 Å². The number of nitrogens with zero attached hydrogens (tertiary/aromatic N) is 6. The van der Waals surface area contributed by atoms with Crippen LogP contribution in [0.3, 0.4) is 0 Å². The summed E-state index contributed by atoms with van der Waals surface area (Å²) in [4.78, 5) is 43.0. The fourth-order valence-electron chi connectivity index (χ4n) is 4.69. The number of rotatable bonds is 7. The molecule has 10 heteroatoms. The predicted octanol–water partition coefficient (Wildman–Crippen LogP) is 3.41. The van der Waals surface area contributed by atoms with Crippen molar-refractivity contribution in [2.45, 2.75) is 18.9 Å². The number of nitrogen functional groups attached to an aromatic ring is 1. The van der Waals surface area contributed by atoms with Gasteiger partial charge in [0.25, 0.3) is 5.91 Å². The van der Waals surface area contributed by atoms with Crippen LogP contribution in [-0.2, 0) is 4.79 Å². The molecule has 1 aromatic carbocycles. The number of anilines is 2. The molecule has 0 radical (unpaired) electrons. The molecule has 0 saturated carbocycles. The number of hydrogen-bond acceptors (Lipinski definition) is 7. The smallest absolute Gasteiger partial charge is 0.256 e. The van der Waals surface area contributed by atoms with Crippen molar-refractivity contribution in [3.05, 3.63) is 84.6 Å². The molecule has 194 valence electrons. The van der Waals surface area contributed by atoms with Crippen molar-refractivity contribution in [3.63, 3.8) is 0 Å². The van der Waals surface area contributed by atoms with E-state index < -0.39 is 0 Å². The van der Waals surface area contributed by atoms with Gasteiger partial charge in [-0.2, -0.15) is 0 Å². The number of benzene rings is 1. The predicted molar refractivity (Wildman–Crippen MR) is 146 cm³/mol. The van der Waals surface area contributed by atoms with Gasteiger partial charge in [-0.3, -0.25) is 14.0 Å². The number of nitrogens with two attached hydrogens (primary N) is 1. The van der Waals surface area contributed by atoms with E-state index in [0.29, 0.717) is 41.5 Å². The molecule has 1 saturated heterocycles. The number of fused-ring (bicyclic) bond motifs is 1. The summed E-state index contributed by atoms with van der Waals surface area (Å²) in [6.07, 6.45) is 10.3. The second kappa shape index (κ2) is 10.8. The Balaban J connectivity index is 1.45. The minimum atomic E-state index is -0.255. The molecular weight excluding hydrogens is 480 g/mol. The van der Waals surface area contributed by atoms with E-state index >= 15 is 0 Å². The Labute approximate surface area is 220 Å². The number of imidazole rings is 1. The minimum absolute atomic E-state index is 0.0297. The van der Waals surface area contributed by atoms with Gasteiger partial charge in [-0.15, -0.1) is 0 Å². The molecule has 0 aliphatic carbocycles. The molecule has 0 bridgehead atoms. The number of nitrogens with one attached hydrogen (secondary N) is 1. The van der Waals surface area contributed by atoms with Gasteiger partial charge in [0, 0.05) is 48.9 Å². The number of carbonyl (C=O) groups excluding carboxylic acids is 2. The Morgan fingerprint density at radius 2 is 1.95 bits per heavy atom. The molecule has 1 aliphatic heterocycles. The van der Waals surface area contributed by atoms with E-state index in [2.05, 4.69) is 15.3 Å². The molecule has 3 aromatic heterocycles. The topological polar surface area (TPSA) is 122 Å². The van der Waals surface area contributed by atoms with Crippen LogP contribution < -0.4 is 11.1 Å². The molecule has 1 aliphatic rings. The lowest BCUT2D eigenvalue weighted by Gasteiger charge is -2.22. The summed E-state index contributed by atoms with van der Waals surface area (Å²) < 4.78 is 1.93. The average molecular weight is 511 g/mol. The zero-order valence-electron chi connectivity index (χ0n) is 21.4. The van der Waals surface area contributed by atoms with E-state index in [1.54, 1.807) is 42.7 Å².